The molecule has 0 bridgehead atoms. The van der Waals surface area contributed by atoms with E-state index in [2.05, 4.69) is 25.9 Å². The van der Waals surface area contributed by atoms with Crippen LogP contribution in [0.1, 0.15) is 12.5 Å². The molecule has 3 aromatic rings. The van der Waals surface area contributed by atoms with Crippen LogP contribution in [-0.2, 0) is 6.18 Å². The molecule has 0 fully saturated rings. The molecule has 0 radical (unpaired) electrons. The van der Waals surface area contributed by atoms with Gasteiger partial charge >= 0.3 is 12.2 Å². The molecule has 0 saturated heterocycles. The highest BCUT2D eigenvalue weighted by molar-refractivity contribution is 6.31. The van der Waals surface area contributed by atoms with E-state index in [1.807, 2.05) is 0 Å². The lowest BCUT2D eigenvalue weighted by molar-refractivity contribution is -0.137. The van der Waals surface area contributed by atoms with Crippen molar-refractivity contribution in [1.82, 2.24) is 9.97 Å². The molecule has 0 aliphatic carbocycles. The normalized spacial score (nSPS) is 12.1. The summed E-state index contributed by atoms with van der Waals surface area (Å²) in [4.78, 5) is 20.3. The maximum Gasteiger partial charge on any atom is 0.417 e. The van der Waals surface area contributed by atoms with Crippen molar-refractivity contribution in [2.24, 2.45) is 0 Å². The molecule has 174 valence electrons. The fraction of sp³-hybridized carbons (Fsp3) is 0.190. The van der Waals surface area contributed by atoms with E-state index in [0.717, 1.165) is 12.1 Å². The average Bonchev–Trinajstić information content (AvgIpc) is 2.74. The van der Waals surface area contributed by atoms with Crippen molar-refractivity contribution in [3.8, 4) is 11.6 Å². The van der Waals surface area contributed by atoms with E-state index in [4.69, 9.17) is 16.3 Å². The van der Waals surface area contributed by atoms with Gasteiger partial charge in [-0.05, 0) is 49.4 Å². The van der Waals surface area contributed by atoms with Gasteiger partial charge in [-0.2, -0.15) is 18.2 Å². The number of aliphatic hydroxyl groups excluding tert-OH is 1. The second-order valence-electron chi connectivity index (χ2n) is 6.85. The van der Waals surface area contributed by atoms with Crippen LogP contribution < -0.4 is 20.7 Å². The van der Waals surface area contributed by atoms with E-state index in [0.29, 0.717) is 17.4 Å². The van der Waals surface area contributed by atoms with Crippen LogP contribution in [0.4, 0.5) is 35.3 Å². The van der Waals surface area contributed by atoms with Crippen molar-refractivity contribution in [1.29, 1.82) is 0 Å². The lowest BCUT2D eigenvalue weighted by Crippen LogP contribution is -2.19. The molecular weight excluding hydrogens is 463 g/mol. The second-order valence-corrected chi connectivity index (χ2v) is 7.25. The predicted octanol–water partition coefficient (Wildman–Crippen LogP) is 5.38. The number of ether oxygens (including phenoxy) is 1. The summed E-state index contributed by atoms with van der Waals surface area (Å²) in [5.41, 5.74) is -0.725. The highest BCUT2D eigenvalue weighted by Gasteiger charge is 2.33. The Morgan fingerprint density at radius 3 is 2.45 bits per heavy atom. The number of anilines is 3. The maximum absolute atomic E-state index is 13.0. The zero-order valence-corrected chi connectivity index (χ0v) is 17.9. The number of urea groups is 1. The van der Waals surface area contributed by atoms with Crippen LogP contribution in [0.25, 0.3) is 0 Å². The molecule has 0 spiro atoms. The molecule has 1 heterocycles. The monoisotopic (exact) mass is 481 g/mol. The minimum absolute atomic E-state index is 0.0621. The first-order valence-corrected chi connectivity index (χ1v) is 9.95. The van der Waals surface area contributed by atoms with Gasteiger partial charge in [-0.1, -0.05) is 11.6 Å². The highest BCUT2D eigenvalue weighted by Crippen LogP contribution is 2.36. The third kappa shape index (κ3) is 7.22. The zero-order valence-electron chi connectivity index (χ0n) is 17.2. The van der Waals surface area contributed by atoms with Gasteiger partial charge in [-0.15, -0.1) is 0 Å². The summed E-state index contributed by atoms with van der Waals surface area (Å²) in [6.07, 6.45) is -3.71. The van der Waals surface area contributed by atoms with Gasteiger partial charge in [0.05, 0.1) is 16.7 Å². The molecule has 3 rings (SSSR count). The topological polar surface area (TPSA) is 108 Å². The van der Waals surface area contributed by atoms with Gasteiger partial charge in [0.1, 0.15) is 5.75 Å². The smallest absolute Gasteiger partial charge is 0.417 e. The number of amides is 2. The fourth-order valence-corrected chi connectivity index (χ4v) is 2.79. The highest BCUT2D eigenvalue weighted by atomic mass is 35.5. The van der Waals surface area contributed by atoms with Gasteiger partial charge in [0.15, 0.2) is 0 Å². The van der Waals surface area contributed by atoms with Gasteiger partial charge in [0.25, 0.3) is 0 Å². The van der Waals surface area contributed by atoms with E-state index >= 15 is 0 Å². The van der Waals surface area contributed by atoms with E-state index in [1.165, 1.54) is 12.3 Å². The SMILES string of the molecule is C[C@@H](O)CNc1nccc(Oc2ccc(NC(=O)Nc3ccc(Cl)c(C(F)(F)F)c3)cc2)n1. The number of benzene rings is 2. The number of halogens is 4. The van der Waals surface area contributed by atoms with Gasteiger partial charge in [-0.25, -0.2) is 9.78 Å². The molecule has 8 nitrogen and oxygen atoms in total. The first-order valence-electron chi connectivity index (χ1n) is 9.58. The van der Waals surface area contributed by atoms with Crippen molar-refractivity contribution >= 4 is 35.0 Å². The van der Waals surface area contributed by atoms with Crippen LogP contribution in [0.3, 0.4) is 0 Å². The van der Waals surface area contributed by atoms with E-state index in [-0.39, 0.29) is 18.1 Å². The molecule has 1 atom stereocenters. The Morgan fingerprint density at radius 2 is 1.79 bits per heavy atom. The number of nitrogens with zero attached hydrogens (tertiary/aromatic N) is 2. The van der Waals surface area contributed by atoms with Crippen molar-refractivity contribution < 1.29 is 27.8 Å². The first kappa shape index (κ1) is 24.1. The number of aromatic nitrogens is 2. The molecule has 1 aromatic heterocycles. The van der Waals surface area contributed by atoms with E-state index in [1.54, 1.807) is 37.3 Å². The molecule has 33 heavy (non-hydrogen) atoms. The van der Waals surface area contributed by atoms with Crippen LogP contribution in [0, 0.1) is 0 Å². The van der Waals surface area contributed by atoms with Crippen LogP contribution in [0.5, 0.6) is 11.6 Å². The summed E-state index contributed by atoms with van der Waals surface area (Å²) in [6, 6.07) is 10.1. The summed E-state index contributed by atoms with van der Waals surface area (Å²) in [5.74, 6) is 0.979. The molecule has 4 N–H and O–H groups in total. The summed E-state index contributed by atoms with van der Waals surface area (Å²) >= 11 is 5.58. The number of aliphatic hydroxyl groups is 1. The number of carbonyl (C=O) groups is 1. The zero-order chi connectivity index (χ0) is 24.0. The maximum atomic E-state index is 13.0. The lowest BCUT2D eigenvalue weighted by atomic mass is 10.2. The molecule has 0 unspecified atom stereocenters. The molecule has 0 aliphatic rings. The fourth-order valence-electron chi connectivity index (χ4n) is 2.56. The Balaban J connectivity index is 1.59. The summed E-state index contributed by atoms with van der Waals surface area (Å²) in [5, 5.41) is 16.6. The molecular formula is C21H19ClF3N5O3. The van der Waals surface area contributed by atoms with Crippen molar-refractivity contribution in [3.63, 3.8) is 0 Å². The van der Waals surface area contributed by atoms with Gasteiger partial charge in [0, 0.05) is 30.2 Å². The minimum Gasteiger partial charge on any atom is -0.439 e. The number of rotatable bonds is 7. The van der Waals surface area contributed by atoms with Gasteiger partial charge in [0.2, 0.25) is 11.8 Å². The molecule has 12 heteroatoms. The molecule has 2 amide bonds. The Kier molecular flexibility index (Phi) is 7.56. The number of carbonyl (C=O) groups excluding carboxylic acids is 1. The largest absolute Gasteiger partial charge is 0.439 e. The summed E-state index contributed by atoms with van der Waals surface area (Å²) in [6.45, 7) is 1.90. The van der Waals surface area contributed by atoms with Crippen molar-refractivity contribution in [2.75, 3.05) is 22.5 Å². The quantitative estimate of drug-likeness (QED) is 0.361. The van der Waals surface area contributed by atoms with Crippen LogP contribution in [0.2, 0.25) is 5.02 Å². The Bertz CT molecular complexity index is 1110. The predicted molar refractivity (Wildman–Crippen MR) is 118 cm³/mol. The lowest BCUT2D eigenvalue weighted by Gasteiger charge is -2.12. The van der Waals surface area contributed by atoms with Crippen molar-refractivity contribution in [3.05, 3.63) is 65.3 Å². The molecule has 2 aromatic carbocycles. The number of nitrogens with one attached hydrogen (secondary N) is 3. The van der Waals surface area contributed by atoms with E-state index < -0.39 is 28.9 Å². The Morgan fingerprint density at radius 1 is 1.12 bits per heavy atom. The molecule has 0 aliphatic heterocycles. The van der Waals surface area contributed by atoms with Crippen molar-refractivity contribution in [2.45, 2.75) is 19.2 Å². The average molecular weight is 482 g/mol. The third-order valence-electron chi connectivity index (χ3n) is 4.05. The van der Waals surface area contributed by atoms with Gasteiger partial charge in [-0.3, -0.25) is 0 Å². The molecule has 0 saturated carbocycles. The summed E-state index contributed by atoms with van der Waals surface area (Å²) in [7, 11) is 0. The van der Waals surface area contributed by atoms with Crippen LogP contribution in [-0.4, -0.2) is 33.8 Å². The van der Waals surface area contributed by atoms with Gasteiger partial charge < -0.3 is 25.8 Å². The summed E-state index contributed by atoms with van der Waals surface area (Å²) < 4.78 is 44.5. The number of hydrogen-bond donors (Lipinski definition) is 4. The Hall–Kier alpha value is -3.57. The third-order valence-corrected chi connectivity index (χ3v) is 4.38. The Labute approximate surface area is 191 Å². The standard InChI is InChI=1S/C21H19ClF3N5O3/c1-12(31)11-27-19-26-9-8-18(30-19)33-15-5-2-13(3-6-15)28-20(32)29-14-4-7-17(22)16(10-14)21(23,24)25/h2-10,12,31H,11H2,1H3,(H,26,27,30)(H2,28,29,32)/t12-/m1/s1. The van der Waals surface area contributed by atoms with Crippen LogP contribution in [0.15, 0.2) is 54.7 Å². The second kappa shape index (κ2) is 10.4. The minimum atomic E-state index is -4.64. The number of hydrogen-bond acceptors (Lipinski definition) is 6. The van der Waals surface area contributed by atoms with Crippen LogP contribution >= 0.6 is 11.6 Å². The van der Waals surface area contributed by atoms with E-state index in [9.17, 15) is 23.1 Å². The number of alkyl halides is 3. The first-order chi connectivity index (χ1) is 15.6.